The first-order valence-corrected chi connectivity index (χ1v) is 19.7. The Hall–Kier alpha value is -8.46. The standard InChI is InChI=1S/C49H40O15/c1-2-27-49(31-56-46(53)62-59-43(50)40-24-12-21-37(28-40)34-15-6-3-7-16-34,32-57-47(54)63-60-44(51)41-25-13-22-38(29-41)35-17-8-4-9-18-35)33-58-48(55)64-61-45(52)42-26-14-23-39(30-42)36-19-10-5-11-20-36/h3-26,28-30H,2,27,31-33H2,1H3. The van der Waals surface area contributed by atoms with Crippen molar-refractivity contribution in [3.05, 3.63) is 180 Å². The first-order valence-electron chi connectivity index (χ1n) is 19.7. The molecule has 64 heavy (non-hydrogen) atoms. The molecule has 0 aromatic heterocycles. The Kier molecular flexibility index (Phi) is 15.8. The average Bonchev–Trinajstić information content (AvgIpc) is 3.35. The maximum Gasteiger partial charge on any atom is 0.549 e. The van der Waals surface area contributed by atoms with E-state index in [0.717, 1.165) is 16.7 Å². The van der Waals surface area contributed by atoms with E-state index in [1.807, 2.05) is 91.0 Å². The molecule has 0 saturated carbocycles. The molecule has 6 aromatic carbocycles. The third kappa shape index (κ3) is 13.0. The van der Waals surface area contributed by atoms with Crippen LogP contribution in [0, 0.1) is 5.41 Å². The van der Waals surface area contributed by atoms with E-state index in [9.17, 15) is 28.8 Å². The van der Waals surface area contributed by atoms with Crippen molar-refractivity contribution < 1.29 is 72.3 Å². The van der Waals surface area contributed by atoms with E-state index >= 15 is 0 Å². The lowest BCUT2D eigenvalue weighted by Crippen LogP contribution is -2.40. The fraction of sp³-hybridized carbons (Fsp3) is 0.143. The predicted molar refractivity (Wildman–Crippen MR) is 227 cm³/mol. The summed E-state index contributed by atoms with van der Waals surface area (Å²) < 4.78 is 15.7. The van der Waals surface area contributed by atoms with Gasteiger partial charge < -0.3 is 14.2 Å². The van der Waals surface area contributed by atoms with Crippen LogP contribution in [-0.4, -0.2) is 56.2 Å². The van der Waals surface area contributed by atoms with Gasteiger partial charge >= 0.3 is 36.4 Å². The molecule has 0 aliphatic rings. The second-order valence-corrected chi connectivity index (χ2v) is 14.1. The van der Waals surface area contributed by atoms with Gasteiger partial charge in [-0.3, -0.25) is 0 Å². The SMILES string of the molecule is CCCC(COC(=O)OOC(=O)c1cccc(-c2ccccc2)c1)(COC(=O)OOC(=O)c1cccc(-c2ccccc2)c1)COC(=O)OOC(=O)c1cccc(-c2ccccc2)c1. The van der Waals surface area contributed by atoms with Gasteiger partial charge in [-0.15, -0.1) is 0 Å². The molecule has 0 fully saturated rings. The zero-order valence-electron chi connectivity index (χ0n) is 34.2. The number of carbonyl (C=O) groups excluding carboxylic acids is 6. The van der Waals surface area contributed by atoms with Crippen LogP contribution in [0.15, 0.2) is 164 Å². The lowest BCUT2D eigenvalue weighted by atomic mass is 9.86. The Bertz CT molecular complexity index is 2270. The van der Waals surface area contributed by atoms with Gasteiger partial charge in [-0.25, -0.2) is 43.7 Å². The summed E-state index contributed by atoms with van der Waals surface area (Å²) in [4.78, 5) is 105. The molecule has 0 saturated heterocycles. The largest absolute Gasteiger partial charge is 0.549 e. The van der Waals surface area contributed by atoms with Crippen molar-refractivity contribution in [1.82, 2.24) is 0 Å². The zero-order valence-corrected chi connectivity index (χ0v) is 34.2. The summed E-state index contributed by atoms with van der Waals surface area (Å²) in [7, 11) is 0. The second kappa shape index (κ2) is 22.4. The first kappa shape index (κ1) is 45.1. The van der Waals surface area contributed by atoms with Gasteiger partial charge in [-0.05, 0) is 76.2 Å². The molecule has 0 spiro atoms. The quantitative estimate of drug-likeness (QED) is 0.0435. The molecule has 0 aliphatic carbocycles. The highest BCUT2D eigenvalue weighted by Gasteiger charge is 2.37. The number of hydrogen-bond donors (Lipinski definition) is 0. The Morgan fingerprint density at radius 2 is 0.641 bits per heavy atom. The molecule has 15 heteroatoms. The fourth-order valence-corrected chi connectivity index (χ4v) is 6.31. The average molecular weight is 869 g/mol. The van der Waals surface area contributed by atoms with Crippen LogP contribution >= 0.6 is 0 Å². The van der Waals surface area contributed by atoms with Gasteiger partial charge in [0.1, 0.15) is 19.8 Å². The lowest BCUT2D eigenvalue weighted by molar-refractivity contribution is -0.217. The Morgan fingerprint density at radius 3 is 0.922 bits per heavy atom. The second-order valence-electron chi connectivity index (χ2n) is 14.1. The number of carbonyl (C=O) groups is 6. The molecule has 0 atom stereocenters. The van der Waals surface area contributed by atoms with Crippen LogP contribution in [0.1, 0.15) is 50.8 Å². The smallest absolute Gasteiger partial charge is 0.431 e. The molecule has 0 radical (unpaired) electrons. The van der Waals surface area contributed by atoms with Crippen molar-refractivity contribution in [3.63, 3.8) is 0 Å². The first-order chi connectivity index (χ1) is 31.1. The van der Waals surface area contributed by atoms with E-state index < -0.39 is 61.6 Å². The Labute approximate surface area is 366 Å². The van der Waals surface area contributed by atoms with Gasteiger partial charge in [-0.2, -0.15) is 14.4 Å². The highest BCUT2D eigenvalue weighted by Crippen LogP contribution is 2.28. The molecule has 0 bridgehead atoms. The number of benzene rings is 6. The van der Waals surface area contributed by atoms with Gasteiger partial charge in [0.2, 0.25) is 0 Å². The van der Waals surface area contributed by atoms with Crippen molar-refractivity contribution in [1.29, 1.82) is 0 Å². The monoisotopic (exact) mass is 868 g/mol. The van der Waals surface area contributed by atoms with Crippen LogP contribution in [0.4, 0.5) is 14.4 Å². The summed E-state index contributed by atoms with van der Waals surface area (Å²) in [6, 6.07) is 46.9. The minimum atomic E-state index is -1.55. The van der Waals surface area contributed by atoms with E-state index in [0.29, 0.717) is 23.1 Å². The van der Waals surface area contributed by atoms with Crippen LogP contribution in [0.5, 0.6) is 0 Å². The predicted octanol–water partition coefficient (Wildman–Crippen LogP) is 10.5. The number of rotatable bonds is 14. The summed E-state index contributed by atoms with van der Waals surface area (Å²) in [6.45, 7) is -0.274. The van der Waals surface area contributed by atoms with Crippen molar-refractivity contribution in [3.8, 4) is 33.4 Å². The zero-order chi connectivity index (χ0) is 45.2. The number of ether oxygens (including phenoxy) is 3. The maximum absolute atomic E-state index is 12.8. The summed E-state index contributed by atoms with van der Waals surface area (Å²) >= 11 is 0. The molecule has 0 heterocycles. The van der Waals surface area contributed by atoms with E-state index in [4.69, 9.17) is 28.9 Å². The molecule has 0 amide bonds. The summed E-state index contributed by atoms with van der Waals surface area (Å²) in [5.74, 6) is -3.02. The highest BCUT2D eigenvalue weighted by molar-refractivity contribution is 5.92. The Morgan fingerprint density at radius 1 is 0.359 bits per heavy atom. The molecule has 0 N–H and O–H groups in total. The molecule has 6 rings (SSSR count). The Balaban J connectivity index is 1.07. The molecule has 0 unspecified atom stereocenters. The third-order valence-corrected chi connectivity index (χ3v) is 9.44. The summed E-state index contributed by atoms with van der Waals surface area (Å²) in [6.07, 6.45) is -4.04. The minimum absolute atomic E-state index is 0.0467. The van der Waals surface area contributed by atoms with Gasteiger partial charge in [0, 0.05) is 0 Å². The van der Waals surface area contributed by atoms with Crippen molar-refractivity contribution >= 4 is 36.4 Å². The van der Waals surface area contributed by atoms with Crippen molar-refractivity contribution in [2.45, 2.75) is 19.8 Å². The van der Waals surface area contributed by atoms with Gasteiger partial charge in [-0.1, -0.05) is 141 Å². The highest BCUT2D eigenvalue weighted by atomic mass is 17.2. The number of hydrogen-bond acceptors (Lipinski definition) is 15. The van der Waals surface area contributed by atoms with Crippen LogP contribution in [0.2, 0.25) is 0 Å². The van der Waals surface area contributed by atoms with E-state index in [2.05, 4.69) is 14.7 Å². The van der Waals surface area contributed by atoms with Gasteiger partial charge in [0.25, 0.3) is 0 Å². The van der Waals surface area contributed by atoms with Gasteiger partial charge in [0.05, 0.1) is 22.1 Å². The maximum atomic E-state index is 12.8. The van der Waals surface area contributed by atoms with E-state index in [1.54, 1.807) is 61.5 Å². The fourth-order valence-electron chi connectivity index (χ4n) is 6.31. The molecule has 326 valence electrons. The van der Waals surface area contributed by atoms with Crippen LogP contribution < -0.4 is 0 Å². The normalized spacial score (nSPS) is 10.6. The van der Waals surface area contributed by atoms with E-state index in [1.165, 1.54) is 18.2 Å². The van der Waals surface area contributed by atoms with Gasteiger partial charge in [0.15, 0.2) is 0 Å². The van der Waals surface area contributed by atoms with Crippen LogP contribution in [0.3, 0.4) is 0 Å². The topological polar surface area (TPSA) is 185 Å². The summed E-state index contributed by atoms with van der Waals surface area (Å²) in [5.41, 5.74) is 3.28. The van der Waals surface area contributed by atoms with Crippen molar-refractivity contribution in [2.24, 2.45) is 5.41 Å². The van der Waals surface area contributed by atoms with Crippen molar-refractivity contribution in [2.75, 3.05) is 19.8 Å². The molecule has 15 nitrogen and oxygen atoms in total. The van der Waals surface area contributed by atoms with Crippen LogP contribution in [-0.2, 0) is 43.5 Å². The van der Waals surface area contributed by atoms with Crippen LogP contribution in [0.25, 0.3) is 33.4 Å². The third-order valence-electron chi connectivity index (χ3n) is 9.44. The minimum Gasteiger partial charge on any atom is -0.431 e. The summed E-state index contributed by atoms with van der Waals surface area (Å²) in [5, 5.41) is 0. The molecular weight excluding hydrogens is 829 g/mol. The van der Waals surface area contributed by atoms with E-state index in [-0.39, 0.29) is 23.1 Å². The molecular formula is C49H40O15. The lowest BCUT2D eigenvalue weighted by Gasteiger charge is -2.30. The molecule has 6 aromatic rings. The molecule has 0 aliphatic heterocycles.